The van der Waals surface area contributed by atoms with E-state index in [1.165, 1.54) is 25.7 Å². The highest BCUT2D eigenvalue weighted by molar-refractivity contribution is 5.85. The summed E-state index contributed by atoms with van der Waals surface area (Å²) in [7, 11) is 3.52. The van der Waals surface area contributed by atoms with Gasteiger partial charge in [0.2, 0.25) is 5.91 Å². The molecule has 2 fully saturated rings. The predicted molar refractivity (Wildman–Crippen MR) is 101 cm³/mol. The fourth-order valence-electron chi connectivity index (χ4n) is 3.28. The number of rotatable bonds is 6. The fourth-order valence-corrected chi connectivity index (χ4v) is 3.28. The van der Waals surface area contributed by atoms with Crippen LogP contribution in [0.1, 0.15) is 39.5 Å². The van der Waals surface area contributed by atoms with E-state index >= 15 is 0 Å². The summed E-state index contributed by atoms with van der Waals surface area (Å²) >= 11 is 0. The van der Waals surface area contributed by atoms with Crippen molar-refractivity contribution in [3.63, 3.8) is 0 Å². The summed E-state index contributed by atoms with van der Waals surface area (Å²) in [6.07, 6.45) is 4.88. The summed E-state index contributed by atoms with van der Waals surface area (Å²) in [6.45, 7) is 8.93. The summed E-state index contributed by atoms with van der Waals surface area (Å²) in [5, 5.41) is 6.97. The molecule has 2 aliphatic rings. The number of amides is 1. The monoisotopic (exact) mass is 353 g/mol. The first kappa shape index (κ1) is 20.0. The highest BCUT2D eigenvalue weighted by atomic mass is 16.5. The van der Waals surface area contributed by atoms with Crippen LogP contribution in [0.5, 0.6) is 0 Å². The molecule has 0 aromatic rings. The van der Waals surface area contributed by atoms with Crippen LogP contribution in [-0.2, 0) is 9.53 Å². The lowest BCUT2D eigenvalue weighted by Gasteiger charge is -2.41. The third kappa shape index (κ3) is 6.47. The minimum Gasteiger partial charge on any atom is -0.379 e. The van der Waals surface area contributed by atoms with Crippen molar-refractivity contribution in [2.45, 2.75) is 51.1 Å². The molecule has 144 valence electrons. The van der Waals surface area contributed by atoms with E-state index in [0.717, 1.165) is 38.8 Å². The lowest BCUT2D eigenvalue weighted by molar-refractivity contribution is -0.127. The number of ether oxygens (including phenoxy) is 1. The third-order valence-corrected chi connectivity index (χ3v) is 5.12. The van der Waals surface area contributed by atoms with Crippen molar-refractivity contribution >= 4 is 11.9 Å². The summed E-state index contributed by atoms with van der Waals surface area (Å²) in [4.78, 5) is 20.4. The zero-order chi connectivity index (χ0) is 18.3. The van der Waals surface area contributed by atoms with Crippen molar-refractivity contribution in [2.75, 3.05) is 53.5 Å². The Labute approximate surface area is 152 Å². The summed E-state index contributed by atoms with van der Waals surface area (Å²) in [5.74, 6) is 0.767. The zero-order valence-corrected chi connectivity index (χ0v) is 16.3. The lowest BCUT2D eigenvalue weighted by Crippen LogP contribution is -2.57. The average Bonchev–Trinajstić information content (AvgIpc) is 3.10. The van der Waals surface area contributed by atoms with E-state index in [1.54, 1.807) is 19.0 Å². The molecule has 1 saturated carbocycles. The second-order valence-electron chi connectivity index (χ2n) is 7.84. The van der Waals surface area contributed by atoms with Crippen molar-refractivity contribution in [1.82, 2.24) is 20.4 Å². The van der Waals surface area contributed by atoms with Gasteiger partial charge in [-0.25, -0.2) is 4.99 Å². The van der Waals surface area contributed by atoms with Crippen LogP contribution in [0.3, 0.4) is 0 Å². The van der Waals surface area contributed by atoms with E-state index < -0.39 is 0 Å². The van der Waals surface area contributed by atoms with Gasteiger partial charge >= 0.3 is 0 Å². The third-order valence-electron chi connectivity index (χ3n) is 5.12. The molecule has 0 bridgehead atoms. The van der Waals surface area contributed by atoms with Crippen LogP contribution in [0.4, 0.5) is 0 Å². The van der Waals surface area contributed by atoms with E-state index in [0.29, 0.717) is 6.04 Å². The van der Waals surface area contributed by atoms with Gasteiger partial charge in [-0.15, -0.1) is 0 Å². The highest BCUT2D eigenvalue weighted by Gasteiger charge is 2.28. The molecular weight excluding hydrogens is 318 g/mol. The highest BCUT2D eigenvalue weighted by Crippen LogP contribution is 2.18. The molecule has 0 radical (unpaired) electrons. The Bertz CT molecular complexity index is 452. The first-order valence-electron chi connectivity index (χ1n) is 9.46. The minimum absolute atomic E-state index is 0.00740. The Morgan fingerprint density at radius 2 is 1.88 bits per heavy atom. The first-order valence-corrected chi connectivity index (χ1v) is 9.46. The van der Waals surface area contributed by atoms with Crippen LogP contribution in [0.2, 0.25) is 0 Å². The van der Waals surface area contributed by atoms with Gasteiger partial charge < -0.3 is 20.3 Å². The number of hydrogen-bond donors (Lipinski definition) is 2. The second-order valence-corrected chi connectivity index (χ2v) is 7.84. The van der Waals surface area contributed by atoms with Crippen LogP contribution in [0.25, 0.3) is 0 Å². The maximum atomic E-state index is 11.9. The Morgan fingerprint density at radius 1 is 1.24 bits per heavy atom. The van der Waals surface area contributed by atoms with Gasteiger partial charge in [0.1, 0.15) is 6.54 Å². The van der Waals surface area contributed by atoms with E-state index in [2.05, 4.69) is 34.4 Å². The van der Waals surface area contributed by atoms with Crippen molar-refractivity contribution in [2.24, 2.45) is 4.99 Å². The van der Waals surface area contributed by atoms with E-state index in [-0.39, 0.29) is 18.0 Å². The van der Waals surface area contributed by atoms with Gasteiger partial charge in [0.25, 0.3) is 0 Å². The van der Waals surface area contributed by atoms with Gasteiger partial charge in [-0.1, -0.05) is 12.8 Å². The zero-order valence-electron chi connectivity index (χ0n) is 16.3. The number of aliphatic imine (C=N–C) groups is 1. The lowest BCUT2D eigenvalue weighted by atomic mass is 10.0. The number of morpholine rings is 1. The van der Waals surface area contributed by atoms with E-state index in [9.17, 15) is 4.79 Å². The van der Waals surface area contributed by atoms with Gasteiger partial charge in [0, 0.05) is 45.3 Å². The molecule has 2 rings (SSSR count). The molecule has 25 heavy (non-hydrogen) atoms. The maximum Gasteiger partial charge on any atom is 0.243 e. The van der Waals surface area contributed by atoms with Gasteiger partial charge in [0.05, 0.1) is 13.2 Å². The molecule has 0 aromatic heterocycles. The van der Waals surface area contributed by atoms with Crippen LogP contribution in [0.15, 0.2) is 4.99 Å². The molecule has 7 nitrogen and oxygen atoms in total. The molecule has 0 unspecified atom stereocenters. The molecule has 7 heteroatoms. The number of carbonyl (C=O) groups excluding carboxylic acids is 1. The standard InChI is InChI=1S/C18H35N5O2/c1-18(2,23-9-11-25-12-10-23)14-20-17(19-13-16(24)22(3)4)21-15-7-5-6-8-15/h15H,5-14H2,1-4H3,(H2,19,20,21). The first-order chi connectivity index (χ1) is 11.9. The van der Waals surface area contributed by atoms with Crippen LogP contribution in [-0.4, -0.2) is 86.7 Å². The molecular formula is C18H35N5O2. The van der Waals surface area contributed by atoms with Gasteiger partial charge in [0.15, 0.2) is 5.96 Å². The van der Waals surface area contributed by atoms with Crippen LogP contribution >= 0.6 is 0 Å². The number of carbonyl (C=O) groups is 1. The summed E-state index contributed by atoms with van der Waals surface area (Å²) in [5.41, 5.74) is 0.00740. The average molecular weight is 354 g/mol. The number of nitrogens with one attached hydrogen (secondary N) is 2. The Morgan fingerprint density at radius 3 is 2.48 bits per heavy atom. The van der Waals surface area contributed by atoms with Gasteiger partial charge in [-0.2, -0.15) is 0 Å². The molecule has 0 aromatic carbocycles. The number of guanidine groups is 1. The fraction of sp³-hybridized carbons (Fsp3) is 0.889. The van der Waals surface area contributed by atoms with Crippen LogP contribution in [0, 0.1) is 0 Å². The molecule has 0 atom stereocenters. The molecule has 1 amide bonds. The number of hydrogen-bond acceptors (Lipinski definition) is 4. The largest absolute Gasteiger partial charge is 0.379 e. The van der Waals surface area contributed by atoms with Crippen molar-refractivity contribution in [3.8, 4) is 0 Å². The SMILES string of the molecule is CN(C)C(=O)CN=C(NCC(C)(C)N1CCOCC1)NC1CCCC1. The Hall–Kier alpha value is -1.34. The maximum absolute atomic E-state index is 11.9. The van der Waals surface area contributed by atoms with Crippen LogP contribution < -0.4 is 10.6 Å². The molecule has 1 saturated heterocycles. The molecule has 1 aliphatic heterocycles. The second kappa shape index (κ2) is 9.38. The smallest absolute Gasteiger partial charge is 0.243 e. The molecule has 1 heterocycles. The van der Waals surface area contributed by atoms with E-state index in [1.807, 2.05) is 0 Å². The predicted octanol–water partition coefficient (Wildman–Crippen LogP) is 0.663. The van der Waals surface area contributed by atoms with Crippen molar-refractivity contribution < 1.29 is 9.53 Å². The normalized spacial score (nSPS) is 20.6. The minimum atomic E-state index is 0.00740. The molecule has 0 spiro atoms. The molecule has 1 aliphatic carbocycles. The van der Waals surface area contributed by atoms with Crippen molar-refractivity contribution in [3.05, 3.63) is 0 Å². The molecule has 2 N–H and O–H groups in total. The topological polar surface area (TPSA) is 69.2 Å². The number of nitrogens with zero attached hydrogens (tertiary/aromatic N) is 3. The van der Waals surface area contributed by atoms with E-state index in [4.69, 9.17) is 4.74 Å². The van der Waals surface area contributed by atoms with Crippen molar-refractivity contribution in [1.29, 1.82) is 0 Å². The summed E-state index contributed by atoms with van der Waals surface area (Å²) in [6, 6.07) is 0.465. The van der Waals surface area contributed by atoms with Gasteiger partial charge in [-0.05, 0) is 26.7 Å². The Balaban J connectivity index is 1.93. The Kier molecular flexibility index (Phi) is 7.50. The summed E-state index contributed by atoms with van der Waals surface area (Å²) < 4.78 is 5.46. The number of likely N-dealkylation sites (N-methyl/N-ethyl adjacent to an activating group) is 1. The quantitative estimate of drug-likeness (QED) is 0.542. The van der Waals surface area contributed by atoms with Gasteiger partial charge in [-0.3, -0.25) is 9.69 Å².